The first-order valence-corrected chi connectivity index (χ1v) is 7.43. The molecule has 19 heavy (non-hydrogen) atoms. The minimum absolute atomic E-state index is 0.228. The van der Waals surface area contributed by atoms with Crippen LogP contribution in [0.2, 0.25) is 0 Å². The van der Waals surface area contributed by atoms with Gasteiger partial charge in [-0.05, 0) is 51.8 Å². The third-order valence-electron chi connectivity index (χ3n) is 2.55. The molecule has 2 aromatic rings. The molecule has 0 radical (unpaired) electrons. The van der Waals surface area contributed by atoms with E-state index in [2.05, 4.69) is 37.2 Å². The number of halogens is 3. The molecular formula is C14H10Br2FNO. The number of anilines is 1. The highest BCUT2D eigenvalue weighted by Gasteiger charge is 2.08. The number of benzene rings is 2. The SMILES string of the molecule is O=C(Nc1ccc(F)cc1Br)c1ccc(CBr)cc1. The lowest BCUT2D eigenvalue weighted by atomic mass is 10.1. The fraction of sp³-hybridized carbons (Fsp3) is 0.0714. The van der Waals surface area contributed by atoms with Crippen molar-refractivity contribution in [2.24, 2.45) is 0 Å². The summed E-state index contributed by atoms with van der Waals surface area (Å²) in [6, 6.07) is 11.4. The summed E-state index contributed by atoms with van der Waals surface area (Å²) in [4.78, 5) is 12.0. The van der Waals surface area contributed by atoms with E-state index < -0.39 is 0 Å². The number of rotatable bonds is 3. The van der Waals surface area contributed by atoms with Crippen LogP contribution in [0.3, 0.4) is 0 Å². The van der Waals surface area contributed by atoms with Crippen LogP contribution in [0.15, 0.2) is 46.9 Å². The van der Waals surface area contributed by atoms with Crippen molar-refractivity contribution in [2.45, 2.75) is 5.33 Å². The van der Waals surface area contributed by atoms with Gasteiger partial charge in [0.1, 0.15) is 5.82 Å². The zero-order valence-electron chi connectivity index (χ0n) is 9.79. The lowest BCUT2D eigenvalue weighted by Gasteiger charge is -2.07. The molecule has 1 amide bonds. The van der Waals surface area contributed by atoms with Gasteiger partial charge in [0.05, 0.1) is 5.69 Å². The molecule has 0 aromatic heterocycles. The number of hydrogen-bond donors (Lipinski definition) is 1. The Kier molecular flexibility index (Phi) is 4.71. The molecule has 0 aliphatic carbocycles. The van der Waals surface area contributed by atoms with Crippen molar-refractivity contribution in [1.82, 2.24) is 0 Å². The van der Waals surface area contributed by atoms with Gasteiger partial charge in [0, 0.05) is 15.4 Å². The van der Waals surface area contributed by atoms with E-state index >= 15 is 0 Å². The lowest BCUT2D eigenvalue weighted by molar-refractivity contribution is 0.102. The van der Waals surface area contributed by atoms with E-state index in [-0.39, 0.29) is 11.7 Å². The summed E-state index contributed by atoms with van der Waals surface area (Å²) < 4.78 is 13.5. The molecule has 0 saturated carbocycles. The molecule has 1 N–H and O–H groups in total. The number of carbonyl (C=O) groups excluding carboxylic acids is 1. The van der Waals surface area contributed by atoms with Crippen molar-refractivity contribution in [1.29, 1.82) is 0 Å². The zero-order valence-corrected chi connectivity index (χ0v) is 13.0. The number of amides is 1. The van der Waals surface area contributed by atoms with Crippen molar-refractivity contribution < 1.29 is 9.18 Å². The zero-order chi connectivity index (χ0) is 13.8. The van der Waals surface area contributed by atoms with Gasteiger partial charge in [0.2, 0.25) is 0 Å². The molecule has 0 fully saturated rings. The number of alkyl halides is 1. The average Bonchev–Trinajstić information content (AvgIpc) is 2.42. The van der Waals surface area contributed by atoms with Crippen LogP contribution in [-0.4, -0.2) is 5.91 Å². The Morgan fingerprint density at radius 3 is 2.42 bits per heavy atom. The molecule has 0 bridgehead atoms. The molecule has 0 aliphatic heterocycles. The Labute approximate surface area is 127 Å². The fourth-order valence-electron chi connectivity index (χ4n) is 1.53. The van der Waals surface area contributed by atoms with Crippen LogP contribution >= 0.6 is 31.9 Å². The maximum absolute atomic E-state index is 12.9. The summed E-state index contributed by atoms with van der Waals surface area (Å²) in [5.74, 6) is -0.583. The highest BCUT2D eigenvalue weighted by atomic mass is 79.9. The fourth-order valence-corrected chi connectivity index (χ4v) is 2.35. The second kappa shape index (κ2) is 6.30. The summed E-state index contributed by atoms with van der Waals surface area (Å²) in [5.41, 5.74) is 2.19. The van der Waals surface area contributed by atoms with Gasteiger partial charge in [-0.15, -0.1) is 0 Å². The van der Waals surface area contributed by atoms with Gasteiger partial charge in [0.15, 0.2) is 0 Å². The first-order valence-electron chi connectivity index (χ1n) is 5.51. The molecule has 0 unspecified atom stereocenters. The predicted molar refractivity (Wildman–Crippen MR) is 81.1 cm³/mol. The van der Waals surface area contributed by atoms with E-state index in [1.54, 1.807) is 12.1 Å². The van der Waals surface area contributed by atoms with Crippen LogP contribution in [-0.2, 0) is 5.33 Å². The number of carbonyl (C=O) groups is 1. The van der Waals surface area contributed by atoms with E-state index in [9.17, 15) is 9.18 Å². The summed E-state index contributed by atoms with van der Waals surface area (Å²) in [7, 11) is 0. The van der Waals surface area contributed by atoms with Crippen molar-refractivity contribution in [3.8, 4) is 0 Å². The largest absolute Gasteiger partial charge is 0.321 e. The summed E-state index contributed by atoms with van der Waals surface area (Å²) in [5, 5.41) is 3.48. The quantitative estimate of drug-likeness (QED) is 0.758. The Morgan fingerprint density at radius 2 is 1.84 bits per heavy atom. The van der Waals surface area contributed by atoms with E-state index in [1.165, 1.54) is 18.2 Å². The Morgan fingerprint density at radius 1 is 1.16 bits per heavy atom. The number of hydrogen-bond acceptors (Lipinski definition) is 1. The second-order valence-corrected chi connectivity index (χ2v) is 5.32. The first kappa shape index (κ1) is 14.2. The molecule has 0 aliphatic rings. The normalized spacial score (nSPS) is 10.3. The minimum Gasteiger partial charge on any atom is -0.321 e. The molecule has 0 saturated heterocycles. The molecule has 0 heterocycles. The molecule has 2 nitrogen and oxygen atoms in total. The Hall–Kier alpha value is -1.20. The molecule has 0 atom stereocenters. The van der Waals surface area contributed by atoms with Crippen LogP contribution in [0.1, 0.15) is 15.9 Å². The predicted octanol–water partition coefficient (Wildman–Crippen LogP) is 4.74. The second-order valence-electron chi connectivity index (χ2n) is 3.91. The van der Waals surface area contributed by atoms with Crippen molar-refractivity contribution >= 4 is 43.5 Å². The van der Waals surface area contributed by atoms with Gasteiger partial charge in [-0.3, -0.25) is 4.79 Å². The highest BCUT2D eigenvalue weighted by molar-refractivity contribution is 9.10. The Bertz CT molecular complexity index is 599. The molecule has 0 spiro atoms. The van der Waals surface area contributed by atoms with E-state index in [1.807, 2.05) is 12.1 Å². The van der Waals surface area contributed by atoms with Gasteiger partial charge in [-0.1, -0.05) is 28.1 Å². The number of nitrogens with one attached hydrogen (secondary N) is 1. The van der Waals surface area contributed by atoms with Gasteiger partial charge in [0.25, 0.3) is 5.91 Å². The molecule has 98 valence electrons. The maximum atomic E-state index is 12.9. The maximum Gasteiger partial charge on any atom is 0.255 e. The topological polar surface area (TPSA) is 29.1 Å². The van der Waals surface area contributed by atoms with E-state index in [0.29, 0.717) is 15.7 Å². The lowest BCUT2D eigenvalue weighted by Crippen LogP contribution is -2.12. The van der Waals surface area contributed by atoms with Crippen LogP contribution in [0, 0.1) is 5.82 Å². The molecular weight excluding hydrogens is 377 g/mol. The van der Waals surface area contributed by atoms with E-state index in [0.717, 1.165) is 10.9 Å². The van der Waals surface area contributed by atoms with Crippen LogP contribution < -0.4 is 5.32 Å². The highest BCUT2D eigenvalue weighted by Crippen LogP contribution is 2.23. The summed E-state index contributed by atoms with van der Waals surface area (Å²) in [6.45, 7) is 0. The van der Waals surface area contributed by atoms with Gasteiger partial charge in [-0.25, -0.2) is 4.39 Å². The van der Waals surface area contributed by atoms with Crippen LogP contribution in [0.25, 0.3) is 0 Å². The monoisotopic (exact) mass is 385 g/mol. The van der Waals surface area contributed by atoms with Crippen LogP contribution in [0.5, 0.6) is 0 Å². The third-order valence-corrected chi connectivity index (χ3v) is 3.85. The summed E-state index contributed by atoms with van der Waals surface area (Å²) in [6.07, 6.45) is 0. The standard InChI is InChI=1S/C14H10Br2FNO/c15-8-9-1-3-10(4-2-9)14(19)18-13-6-5-11(17)7-12(13)16/h1-7H,8H2,(H,18,19). The third kappa shape index (κ3) is 3.64. The first-order chi connectivity index (χ1) is 9.10. The van der Waals surface area contributed by atoms with Crippen LogP contribution in [0.4, 0.5) is 10.1 Å². The molecule has 2 aromatic carbocycles. The summed E-state index contributed by atoms with van der Waals surface area (Å²) >= 11 is 6.56. The van der Waals surface area contributed by atoms with Gasteiger partial charge >= 0.3 is 0 Å². The van der Waals surface area contributed by atoms with E-state index in [4.69, 9.17) is 0 Å². The molecule has 2 rings (SSSR count). The smallest absolute Gasteiger partial charge is 0.255 e. The Balaban J connectivity index is 2.15. The van der Waals surface area contributed by atoms with Crippen molar-refractivity contribution in [3.05, 3.63) is 63.9 Å². The minimum atomic E-state index is -0.355. The van der Waals surface area contributed by atoms with Crippen molar-refractivity contribution in [3.63, 3.8) is 0 Å². The molecule has 5 heteroatoms. The van der Waals surface area contributed by atoms with Gasteiger partial charge in [-0.2, -0.15) is 0 Å². The average molecular weight is 387 g/mol. The van der Waals surface area contributed by atoms with Gasteiger partial charge < -0.3 is 5.32 Å². The van der Waals surface area contributed by atoms with Crippen molar-refractivity contribution in [2.75, 3.05) is 5.32 Å².